The highest BCUT2D eigenvalue weighted by molar-refractivity contribution is 7.99. The first-order valence-corrected chi connectivity index (χ1v) is 10.7. The Morgan fingerprint density at radius 3 is 2.79 bits per heavy atom. The van der Waals surface area contributed by atoms with Crippen molar-refractivity contribution in [2.45, 2.75) is 37.3 Å². The highest BCUT2D eigenvalue weighted by Gasteiger charge is 2.18. The van der Waals surface area contributed by atoms with Crippen LogP contribution in [0.3, 0.4) is 0 Å². The lowest BCUT2D eigenvalue weighted by Gasteiger charge is -2.22. The van der Waals surface area contributed by atoms with Gasteiger partial charge in [-0.05, 0) is 31.5 Å². The zero-order valence-electron chi connectivity index (χ0n) is 13.9. The summed E-state index contributed by atoms with van der Waals surface area (Å²) in [5, 5.41) is 5.78. The number of hydrogen-bond donors (Lipinski definition) is 2. The number of benzene rings is 1. The topological polar surface area (TPSA) is 75.3 Å². The molecule has 24 heavy (non-hydrogen) atoms. The van der Waals surface area contributed by atoms with Crippen LogP contribution in [0, 0.1) is 0 Å². The third kappa shape index (κ3) is 6.63. The molecular formula is C16H25ClN2O3S2. The predicted octanol–water partition coefficient (Wildman–Crippen LogP) is 2.47. The number of sulfone groups is 1. The molecule has 2 N–H and O–H groups in total. The molecule has 0 aromatic heterocycles. The van der Waals surface area contributed by atoms with Gasteiger partial charge in [-0.3, -0.25) is 4.79 Å². The number of anilines is 1. The predicted molar refractivity (Wildman–Crippen MR) is 104 cm³/mol. The number of hydrogen-bond acceptors (Lipinski definition) is 5. The van der Waals surface area contributed by atoms with E-state index in [0.717, 1.165) is 18.1 Å². The van der Waals surface area contributed by atoms with E-state index in [9.17, 15) is 13.2 Å². The molecule has 1 aliphatic heterocycles. The van der Waals surface area contributed by atoms with Crippen LogP contribution in [0.1, 0.15) is 25.8 Å². The molecular weight excluding hydrogens is 368 g/mol. The van der Waals surface area contributed by atoms with Crippen LogP contribution in [0.15, 0.2) is 24.3 Å². The first-order chi connectivity index (χ1) is 10.9. The second-order valence-electron chi connectivity index (χ2n) is 6.03. The molecule has 2 rings (SSSR count). The van der Waals surface area contributed by atoms with E-state index in [1.54, 1.807) is 38.1 Å². The van der Waals surface area contributed by atoms with Gasteiger partial charge in [0.2, 0.25) is 5.91 Å². The van der Waals surface area contributed by atoms with Crippen molar-refractivity contribution >= 4 is 45.6 Å². The third-order valence-corrected chi connectivity index (χ3v) is 7.03. The van der Waals surface area contributed by atoms with E-state index in [2.05, 4.69) is 10.6 Å². The molecule has 1 unspecified atom stereocenters. The minimum atomic E-state index is -3.14. The first-order valence-electron chi connectivity index (χ1n) is 7.78. The molecule has 0 spiro atoms. The SMILES string of the molecule is CC(C)S(=O)(=O)Cc1cccc(NC(=O)CC2CSCCN2)c1.Cl. The minimum absolute atomic E-state index is 0. The fourth-order valence-electron chi connectivity index (χ4n) is 2.32. The van der Waals surface area contributed by atoms with Gasteiger partial charge in [0.15, 0.2) is 9.84 Å². The van der Waals surface area contributed by atoms with Crippen LogP contribution in [0.4, 0.5) is 5.69 Å². The molecule has 1 aromatic carbocycles. The number of amides is 1. The molecule has 0 aliphatic carbocycles. The number of thioether (sulfide) groups is 1. The summed E-state index contributed by atoms with van der Waals surface area (Å²) in [4.78, 5) is 12.1. The maximum absolute atomic E-state index is 12.1. The lowest BCUT2D eigenvalue weighted by atomic mass is 10.2. The van der Waals surface area contributed by atoms with E-state index in [1.807, 2.05) is 11.8 Å². The molecule has 1 amide bonds. The summed E-state index contributed by atoms with van der Waals surface area (Å²) in [6.07, 6.45) is 0.432. The normalized spacial score (nSPS) is 18.0. The Labute approximate surface area is 154 Å². The number of nitrogens with one attached hydrogen (secondary N) is 2. The van der Waals surface area contributed by atoms with Gasteiger partial charge in [-0.2, -0.15) is 11.8 Å². The van der Waals surface area contributed by atoms with Crippen LogP contribution in [-0.4, -0.2) is 43.7 Å². The van der Waals surface area contributed by atoms with Crippen LogP contribution in [0.5, 0.6) is 0 Å². The number of carbonyl (C=O) groups excluding carboxylic acids is 1. The maximum atomic E-state index is 12.1. The van der Waals surface area contributed by atoms with Crippen molar-refractivity contribution in [3.05, 3.63) is 29.8 Å². The Balaban J connectivity index is 0.00000288. The van der Waals surface area contributed by atoms with E-state index < -0.39 is 15.1 Å². The van der Waals surface area contributed by atoms with Crippen molar-refractivity contribution in [2.75, 3.05) is 23.4 Å². The van der Waals surface area contributed by atoms with Gasteiger partial charge in [0.25, 0.3) is 0 Å². The van der Waals surface area contributed by atoms with Crippen molar-refractivity contribution in [1.29, 1.82) is 0 Å². The van der Waals surface area contributed by atoms with Crippen molar-refractivity contribution < 1.29 is 13.2 Å². The lowest BCUT2D eigenvalue weighted by molar-refractivity contribution is -0.116. The highest BCUT2D eigenvalue weighted by atomic mass is 35.5. The molecule has 1 atom stereocenters. The van der Waals surface area contributed by atoms with Gasteiger partial charge in [0.1, 0.15) is 0 Å². The summed E-state index contributed by atoms with van der Waals surface area (Å²) in [5.41, 5.74) is 1.35. The van der Waals surface area contributed by atoms with Gasteiger partial charge in [0.05, 0.1) is 11.0 Å². The summed E-state index contributed by atoms with van der Waals surface area (Å²) in [5.74, 6) is 1.98. The largest absolute Gasteiger partial charge is 0.326 e. The monoisotopic (exact) mass is 392 g/mol. The van der Waals surface area contributed by atoms with Crippen molar-refractivity contribution in [3.63, 3.8) is 0 Å². The van der Waals surface area contributed by atoms with Gasteiger partial charge >= 0.3 is 0 Å². The summed E-state index contributed by atoms with van der Waals surface area (Å²) in [6.45, 7) is 4.29. The summed E-state index contributed by atoms with van der Waals surface area (Å²) >= 11 is 1.85. The van der Waals surface area contributed by atoms with Crippen LogP contribution in [-0.2, 0) is 20.4 Å². The zero-order valence-corrected chi connectivity index (χ0v) is 16.4. The smallest absolute Gasteiger partial charge is 0.225 e. The fraction of sp³-hybridized carbons (Fsp3) is 0.562. The molecule has 1 saturated heterocycles. The Hall–Kier alpha value is -0.760. The second kappa shape index (κ2) is 9.65. The Morgan fingerprint density at radius 2 is 2.17 bits per heavy atom. The molecule has 1 fully saturated rings. The standard InChI is InChI=1S/C16H24N2O3S2.ClH/c1-12(2)23(20,21)11-13-4-3-5-14(8-13)18-16(19)9-15-10-22-7-6-17-15;/h3-5,8,12,15,17H,6-7,9-11H2,1-2H3,(H,18,19);1H. The van der Waals surface area contributed by atoms with Gasteiger partial charge in [-0.1, -0.05) is 12.1 Å². The lowest BCUT2D eigenvalue weighted by Crippen LogP contribution is -2.39. The number of halogens is 1. The fourth-order valence-corrected chi connectivity index (χ4v) is 4.25. The highest BCUT2D eigenvalue weighted by Crippen LogP contribution is 2.17. The molecule has 136 valence electrons. The first kappa shape index (κ1) is 21.3. The number of carbonyl (C=O) groups is 1. The van der Waals surface area contributed by atoms with E-state index in [4.69, 9.17) is 0 Å². The molecule has 5 nitrogen and oxygen atoms in total. The Bertz CT molecular complexity index is 644. The molecule has 8 heteroatoms. The molecule has 0 saturated carbocycles. The third-order valence-electron chi connectivity index (χ3n) is 3.73. The van der Waals surface area contributed by atoms with Crippen LogP contribution in [0.25, 0.3) is 0 Å². The van der Waals surface area contributed by atoms with Crippen LogP contribution in [0.2, 0.25) is 0 Å². The van der Waals surface area contributed by atoms with E-state index in [0.29, 0.717) is 17.7 Å². The Morgan fingerprint density at radius 1 is 1.42 bits per heavy atom. The summed E-state index contributed by atoms with van der Waals surface area (Å²) in [7, 11) is -3.14. The summed E-state index contributed by atoms with van der Waals surface area (Å²) in [6, 6.07) is 7.27. The molecule has 0 bridgehead atoms. The van der Waals surface area contributed by atoms with Crippen LogP contribution >= 0.6 is 24.2 Å². The van der Waals surface area contributed by atoms with Crippen LogP contribution < -0.4 is 10.6 Å². The second-order valence-corrected chi connectivity index (χ2v) is 9.74. The van der Waals surface area contributed by atoms with Gasteiger partial charge in [-0.25, -0.2) is 8.42 Å². The average Bonchev–Trinajstić information content (AvgIpc) is 2.47. The van der Waals surface area contributed by atoms with Crippen molar-refractivity contribution in [1.82, 2.24) is 5.32 Å². The van der Waals surface area contributed by atoms with E-state index in [-0.39, 0.29) is 30.1 Å². The van der Waals surface area contributed by atoms with Gasteiger partial charge < -0.3 is 10.6 Å². The van der Waals surface area contributed by atoms with Gasteiger partial charge in [-0.15, -0.1) is 12.4 Å². The number of rotatable bonds is 6. The minimum Gasteiger partial charge on any atom is -0.326 e. The van der Waals surface area contributed by atoms with Crippen molar-refractivity contribution in [2.24, 2.45) is 0 Å². The summed E-state index contributed by atoms with van der Waals surface area (Å²) < 4.78 is 24.0. The van der Waals surface area contributed by atoms with E-state index >= 15 is 0 Å². The van der Waals surface area contributed by atoms with Gasteiger partial charge in [0, 0.05) is 36.2 Å². The molecule has 1 aromatic rings. The quantitative estimate of drug-likeness (QED) is 0.777. The average molecular weight is 393 g/mol. The van der Waals surface area contributed by atoms with Crippen molar-refractivity contribution in [3.8, 4) is 0 Å². The maximum Gasteiger partial charge on any atom is 0.225 e. The molecule has 1 heterocycles. The molecule has 0 radical (unpaired) electrons. The zero-order chi connectivity index (χ0) is 16.9. The molecule has 1 aliphatic rings. The Kier molecular flexibility index (Phi) is 8.56. The van der Waals surface area contributed by atoms with E-state index in [1.165, 1.54) is 0 Å².